The number of hydrogen-bond acceptors (Lipinski definition) is 2. The van der Waals surface area contributed by atoms with Crippen molar-refractivity contribution in [2.45, 2.75) is 26.8 Å². The van der Waals surface area contributed by atoms with Gasteiger partial charge in [-0.25, -0.2) is 8.78 Å². The highest BCUT2D eigenvalue weighted by molar-refractivity contribution is 7.99. The Morgan fingerprint density at radius 2 is 1.94 bits per heavy atom. The smallest absolute Gasteiger partial charge is 0.163 e. The average Bonchev–Trinajstić information content (AvgIpc) is 2.31. The lowest BCUT2D eigenvalue weighted by molar-refractivity contribution is 0.478. The van der Waals surface area contributed by atoms with Gasteiger partial charge in [-0.1, -0.05) is 32.9 Å². The Bertz CT molecular complexity index is 369. The lowest BCUT2D eigenvalue weighted by atomic mass is 10.1. The van der Waals surface area contributed by atoms with Crippen LogP contribution in [0.3, 0.4) is 0 Å². The Labute approximate surface area is 112 Å². The molecule has 0 aliphatic carbocycles. The predicted octanol–water partition coefficient (Wildman–Crippen LogP) is 4.00. The van der Waals surface area contributed by atoms with Gasteiger partial charge in [0.05, 0.1) is 0 Å². The quantitative estimate of drug-likeness (QED) is 0.805. The zero-order chi connectivity index (χ0) is 13.5. The number of nitrogens with one attached hydrogen (secondary N) is 1. The number of benzene rings is 1. The van der Waals surface area contributed by atoms with Crippen LogP contribution in [-0.4, -0.2) is 18.1 Å². The van der Waals surface area contributed by atoms with Crippen molar-refractivity contribution < 1.29 is 8.78 Å². The molecule has 1 aromatic carbocycles. The fraction of sp³-hybridized carbons (Fsp3) is 0.571. The molecule has 18 heavy (non-hydrogen) atoms. The molecule has 1 unspecified atom stereocenters. The first-order valence-electron chi connectivity index (χ1n) is 6.31. The Hall–Kier alpha value is -0.610. The lowest BCUT2D eigenvalue weighted by Crippen LogP contribution is -2.24. The van der Waals surface area contributed by atoms with Crippen LogP contribution in [-0.2, 0) is 0 Å². The summed E-state index contributed by atoms with van der Waals surface area (Å²) in [6.45, 7) is 7.01. The molecule has 4 heteroatoms. The van der Waals surface area contributed by atoms with Gasteiger partial charge in [0.15, 0.2) is 11.6 Å². The highest BCUT2D eigenvalue weighted by atomic mass is 32.2. The summed E-state index contributed by atoms with van der Waals surface area (Å²) >= 11 is 1.77. The second-order valence-corrected chi connectivity index (χ2v) is 5.76. The number of hydrogen-bond donors (Lipinski definition) is 1. The SMILES string of the molecule is CCNC(CSCC(C)C)c1cccc(F)c1F. The van der Waals surface area contributed by atoms with E-state index in [0.717, 1.165) is 24.1 Å². The van der Waals surface area contributed by atoms with Crippen molar-refractivity contribution in [3.05, 3.63) is 35.4 Å². The first-order chi connectivity index (χ1) is 8.56. The highest BCUT2D eigenvalue weighted by Gasteiger charge is 2.17. The van der Waals surface area contributed by atoms with Crippen LogP contribution in [0, 0.1) is 17.6 Å². The van der Waals surface area contributed by atoms with Gasteiger partial charge in [0.25, 0.3) is 0 Å². The van der Waals surface area contributed by atoms with Gasteiger partial charge < -0.3 is 5.32 Å². The Kier molecular flexibility index (Phi) is 6.65. The average molecular weight is 273 g/mol. The molecule has 0 spiro atoms. The van der Waals surface area contributed by atoms with E-state index in [9.17, 15) is 8.78 Å². The number of rotatable bonds is 7. The zero-order valence-electron chi connectivity index (χ0n) is 11.2. The summed E-state index contributed by atoms with van der Waals surface area (Å²) in [5.41, 5.74) is 0.424. The second kappa shape index (κ2) is 7.74. The summed E-state index contributed by atoms with van der Waals surface area (Å²) in [5.74, 6) is 0.887. The summed E-state index contributed by atoms with van der Waals surface area (Å²) in [4.78, 5) is 0. The Balaban J connectivity index is 2.74. The first-order valence-corrected chi connectivity index (χ1v) is 7.46. The third kappa shape index (κ3) is 4.58. The molecule has 0 saturated heterocycles. The van der Waals surface area contributed by atoms with Crippen LogP contribution in [0.25, 0.3) is 0 Å². The highest BCUT2D eigenvalue weighted by Crippen LogP contribution is 2.23. The molecular formula is C14H21F2NS. The molecule has 0 aliphatic rings. The summed E-state index contributed by atoms with van der Waals surface area (Å²) in [6.07, 6.45) is 0. The molecule has 1 rings (SSSR count). The molecule has 0 bridgehead atoms. The van der Waals surface area contributed by atoms with E-state index in [4.69, 9.17) is 0 Å². The minimum absolute atomic E-state index is 0.130. The van der Waals surface area contributed by atoms with E-state index in [0.29, 0.717) is 11.5 Å². The van der Waals surface area contributed by atoms with Crippen LogP contribution in [0.4, 0.5) is 8.78 Å². The van der Waals surface area contributed by atoms with Crippen molar-refractivity contribution in [2.24, 2.45) is 5.92 Å². The molecule has 1 atom stereocenters. The van der Waals surface area contributed by atoms with Gasteiger partial charge in [-0.15, -0.1) is 0 Å². The molecule has 0 aromatic heterocycles. The normalized spacial score (nSPS) is 13.0. The standard InChI is InChI=1S/C14H21F2NS/c1-4-17-13(9-18-8-10(2)3)11-6-5-7-12(15)14(11)16/h5-7,10,13,17H,4,8-9H2,1-3H3. The van der Waals surface area contributed by atoms with E-state index in [1.807, 2.05) is 6.92 Å². The maximum atomic E-state index is 13.7. The van der Waals surface area contributed by atoms with E-state index >= 15 is 0 Å². The molecule has 102 valence electrons. The van der Waals surface area contributed by atoms with Crippen LogP contribution in [0.15, 0.2) is 18.2 Å². The third-order valence-corrected chi connectivity index (χ3v) is 4.01. The van der Waals surface area contributed by atoms with Gasteiger partial charge in [-0.05, 0) is 24.3 Å². The number of halogens is 2. The van der Waals surface area contributed by atoms with Crippen LogP contribution >= 0.6 is 11.8 Å². The van der Waals surface area contributed by atoms with Crippen molar-refractivity contribution in [2.75, 3.05) is 18.1 Å². The molecule has 0 fully saturated rings. The van der Waals surface area contributed by atoms with Crippen molar-refractivity contribution >= 4 is 11.8 Å². The van der Waals surface area contributed by atoms with Crippen molar-refractivity contribution in [3.8, 4) is 0 Å². The largest absolute Gasteiger partial charge is 0.309 e. The Morgan fingerprint density at radius 3 is 2.56 bits per heavy atom. The fourth-order valence-corrected chi connectivity index (χ4v) is 2.86. The van der Waals surface area contributed by atoms with E-state index in [1.54, 1.807) is 23.9 Å². The van der Waals surface area contributed by atoms with Crippen LogP contribution in [0.2, 0.25) is 0 Å². The summed E-state index contributed by atoms with van der Waals surface area (Å²) in [6, 6.07) is 4.24. The van der Waals surface area contributed by atoms with Crippen molar-refractivity contribution in [1.29, 1.82) is 0 Å². The lowest BCUT2D eigenvalue weighted by Gasteiger charge is -2.19. The topological polar surface area (TPSA) is 12.0 Å². The van der Waals surface area contributed by atoms with Gasteiger partial charge in [0.1, 0.15) is 0 Å². The molecule has 0 amide bonds. The monoisotopic (exact) mass is 273 g/mol. The maximum absolute atomic E-state index is 13.7. The summed E-state index contributed by atoms with van der Waals surface area (Å²) < 4.78 is 27.0. The van der Waals surface area contributed by atoms with E-state index in [2.05, 4.69) is 19.2 Å². The minimum Gasteiger partial charge on any atom is -0.309 e. The van der Waals surface area contributed by atoms with Crippen LogP contribution < -0.4 is 5.32 Å². The Morgan fingerprint density at radius 1 is 1.22 bits per heavy atom. The number of thioether (sulfide) groups is 1. The first kappa shape index (κ1) is 15.4. The molecule has 0 radical (unpaired) electrons. The maximum Gasteiger partial charge on any atom is 0.163 e. The van der Waals surface area contributed by atoms with E-state index in [-0.39, 0.29) is 6.04 Å². The van der Waals surface area contributed by atoms with Gasteiger partial charge in [-0.3, -0.25) is 0 Å². The van der Waals surface area contributed by atoms with Gasteiger partial charge >= 0.3 is 0 Å². The molecule has 1 N–H and O–H groups in total. The summed E-state index contributed by atoms with van der Waals surface area (Å²) in [7, 11) is 0. The summed E-state index contributed by atoms with van der Waals surface area (Å²) in [5, 5.41) is 3.21. The fourth-order valence-electron chi connectivity index (χ4n) is 1.72. The van der Waals surface area contributed by atoms with E-state index in [1.165, 1.54) is 0 Å². The van der Waals surface area contributed by atoms with Crippen molar-refractivity contribution in [1.82, 2.24) is 5.32 Å². The molecule has 0 heterocycles. The molecular weight excluding hydrogens is 252 g/mol. The van der Waals surface area contributed by atoms with Gasteiger partial charge in [0.2, 0.25) is 0 Å². The van der Waals surface area contributed by atoms with Crippen LogP contribution in [0.5, 0.6) is 0 Å². The second-order valence-electron chi connectivity index (χ2n) is 4.68. The molecule has 1 nitrogen and oxygen atoms in total. The van der Waals surface area contributed by atoms with Crippen molar-refractivity contribution in [3.63, 3.8) is 0 Å². The minimum atomic E-state index is -0.774. The molecule has 0 saturated carbocycles. The molecule has 1 aromatic rings. The molecule has 0 aliphatic heterocycles. The van der Waals surface area contributed by atoms with Gasteiger partial charge in [-0.2, -0.15) is 11.8 Å². The third-order valence-electron chi connectivity index (χ3n) is 2.54. The van der Waals surface area contributed by atoms with E-state index < -0.39 is 11.6 Å². The van der Waals surface area contributed by atoms with Crippen LogP contribution in [0.1, 0.15) is 32.4 Å². The zero-order valence-corrected chi connectivity index (χ0v) is 12.0. The predicted molar refractivity (Wildman–Crippen MR) is 74.9 cm³/mol. The van der Waals surface area contributed by atoms with Gasteiger partial charge in [0, 0.05) is 17.4 Å².